The van der Waals surface area contributed by atoms with Gasteiger partial charge in [-0.1, -0.05) is 24.3 Å². The Morgan fingerprint density at radius 3 is 2.88 bits per heavy atom. The summed E-state index contributed by atoms with van der Waals surface area (Å²) in [6, 6.07) is 7.90. The minimum Gasteiger partial charge on any atom is -0.481 e. The Kier molecular flexibility index (Phi) is 2.90. The molecule has 0 spiro atoms. The minimum atomic E-state index is -1.09. The van der Waals surface area contributed by atoms with Crippen molar-refractivity contribution in [1.29, 1.82) is 0 Å². The maximum absolute atomic E-state index is 11.3. The van der Waals surface area contributed by atoms with E-state index in [1.807, 2.05) is 24.3 Å². The van der Waals surface area contributed by atoms with Crippen LogP contribution < -0.4 is 5.32 Å². The van der Waals surface area contributed by atoms with Crippen molar-refractivity contribution in [3.63, 3.8) is 0 Å². The summed E-state index contributed by atoms with van der Waals surface area (Å²) in [6.45, 7) is 0. The summed E-state index contributed by atoms with van der Waals surface area (Å²) < 4.78 is 0. The number of benzene rings is 1. The van der Waals surface area contributed by atoms with Crippen molar-refractivity contribution < 1.29 is 14.7 Å². The van der Waals surface area contributed by atoms with Crippen LogP contribution in [0.5, 0.6) is 0 Å². The van der Waals surface area contributed by atoms with E-state index in [-0.39, 0.29) is 6.04 Å². The smallest absolute Gasteiger partial charge is 0.312 e. The molecule has 1 aromatic rings. The van der Waals surface area contributed by atoms with Gasteiger partial charge in [-0.05, 0) is 24.0 Å². The first-order valence-electron chi connectivity index (χ1n) is 5.26. The average molecular weight is 219 g/mol. The van der Waals surface area contributed by atoms with Crippen LogP contribution in [-0.2, 0) is 16.0 Å². The van der Waals surface area contributed by atoms with E-state index in [0.717, 1.165) is 18.4 Å². The van der Waals surface area contributed by atoms with Gasteiger partial charge in [-0.15, -0.1) is 0 Å². The lowest BCUT2D eigenvalue weighted by atomic mass is 10.1. The number of aliphatic carboxylic acids is 1. The van der Waals surface area contributed by atoms with E-state index >= 15 is 0 Å². The van der Waals surface area contributed by atoms with Gasteiger partial charge in [0.25, 0.3) is 0 Å². The summed E-state index contributed by atoms with van der Waals surface area (Å²) in [7, 11) is 0. The van der Waals surface area contributed by atoms with E-state index in [2.05, 4.69) is 5.32 Å². The Hall–Kier alpha value is -1.84. The Labute approximate surface area is 93.3 Å². The lowest BCUT2D eigenvalue weighted by Crippen LogP contribution is -2.28. The van der Waals surface area contributed by atoms with Gasteiger partial charge in [0.15, 0.2) is 0 Å². The number of rotatable bonds is 3. The van der Waals surface area contributed by atoms with Crippen LogP contribution in [0.3, 0.4) is 0 Å². The highest BCUT2D eigenvalue weighted by Gasteiger charge is 2.23. The molecule has 1 atom stereocenters. The summed E-state index contributed by atoms with van der Waals surface area (Å²) in [5, 5.41) is 11.2. The molecule has 1 aliphatic rings. The normalized spacial score (nSPS) is 17.9. The molecular formula is C12H13NO3. The maximum atomic E-state index is 11.3. The average Bonchev–Trinajstić information content (AvgIpc) is 2.61. The van der Waals surface area contributed by atoms with E-state index in [1.54, 1.807) is 0 Å². The van der Waals surface area contributed by atoms with Gasteiger partial charge in [0, 0.05) is 0 Å². The Balaban J connectivity index is 2.03. The van der Waals surface area contributed by atoms with Gasteiger partial charge in [0.2, 0.25) is 5.91 Å². The Bertz CT molecular complexity index is 428. The summed E-state index contributed by atoms with van der Waals surface area (Å²) in [5.74, 6) is -1.52. The van der Waals surface area contributed by atoms with Crippen LogP contribution in [0.2, 0.25) is 0 Å². The van der Waals surface area contributed by atoms with E-state index in [1.165, 1.54) is 5.56 Å². The number of aryl methyl sites for hydroxylation is 1. The van der Waals surface area contributed by atoms with Crippen molar-refractivity contribution >= 4 is 11.9 Å². The second-order valence-electron chi connectivity index (χ2n) is 3.93. The summed E-state index contributed by atoms with van der Waals surface area (Å²) in [5.41, 5.74) is 2.35. The number of nitrogens with one attached hydrogen (secondary N) is 1. The van der Waals surface area contributed by atoms with Crippen molar-refractivity contribution in [2.75, 3.05) is 0 Å². The second-order valence-corrected chi connectivity index (χ2v) is 3.93. The predicted molar refractivity (Wildman–Crippen MR) is 57.9 cm³/mol. The molecule has 1 unspecified atom stereocenters. The monoisotopic (exact) mass is 219 g/mol. The first-order chi connectivity index (χ1) is 7.66. The fourth-order valence-corrected chi connectivity index (χ4v) is 2.09. The number of hydrogen-bond donors (Lipinski definition) is 2. The predicted octanol–water partition coefficient (Wildman–Crippen LogP) is 1.26. The van der Waals surface area contributed by atoms with Gasteiger partial charge in [-0.2, -0.15) is 0 Å². The molecule has 84 valence electrons. The highest BCUT2D eigenvalue weighted by molar-refractivity contribution is 5.93. The Morgan fingerprint density at radius 1 is 1.38 bits per heavy atom. The molecule has 2 N–H and O–H groups in total. The lowest BCUT2D eigenvalue weighted by molar-refractivity contribution is -0.140. The van der Waals surface area contributed by atoms with Crippen molar-refractivity contribution in [2.45, 2.75) is 25.3 Å². The number of carboxylic acid groups (broad SMARTS) is 1. The molecule has 0 aliphatic heterocycles. The quantitative estimate of drug-likeness (QED) is 0.752. The highest BCUT2D eigenvalue weighted by Crippen LogP contribution is 2.30. The molecule has 2 rings (SSSR count). The van der Waals surface area contributed by atoms with Crippen molar-refractivity contribution in [2.24, 2.45) is 0 Å². The van der Waals surface area contributed by atoms with Crippen LogP contribution in [0.1, 0.15) is 30.0 Å². The lowest BCUT2D eigenvalue weighted by Gasteiger charge is -2.12. The molecule has 0 heterocycles. The Morgan fingerprint density at radius 2 is 2.12 bits per heavy atom. The molecule has 4 nitrogen and oxygen atoms in total. The fraction of sp³-hybridized carbons (Fsp3) is 0.333. The molecule has 16 heavy (non-hydrogen) atoms. The molecule has 0 bridgehead atoms. The van der Waals surface area contributed by atoms with Crippen LogP contribution in [0.15, 0.2) is 24.3 Å². The van der Waals surface area contributed by atoms with Crippen LogP contribution in [0.4, 0.5) is 0 Å². The molecule has 1 aromatic carbocycles. The van der Waals surface area contributed by atoms with Crippen molar-refractivity contribution in [3.8, 4) is 0 Å². The second kappa shape index (κ2) is 4.35. The zero-order chi connectivity index (χ0) is 11.5. The van der Waals surface area contributed by atoms with Gasteiger partial charge >= 0.3 is 5.97 Å². The zero-order valence-electron chi connectivity index (χ0n) is 8.77. The number of amides is 1. The summed E-state index contributed by atoms with van der Waals surface area (Å²) in [4.78, 5) is 21.7. The minimum absolute atomic E-state index is 0.0250. The number of carboxylic acids is 1. The summed E-state index contributed by atoms with van der Waals surface area (Å²) in [6.07, 6.45) is 1.33. The zero-order valence-corrected chi connectivity index (χ0v) is 8.77. The van der Waals surface area contributed by atoms with E-state index < -0.39 is 18.3 Å². The molecule has 0 saturated carbocycles. The summed E-state index contributed by atoms with van der Waals surface area (Å²) >= 11 is 0. The van der Waals surface area contributed by atoms with E-state index in [4.69, 9.17) is 5.11 Å². The van der Waals surface area contributed by atoms with Gasteiger partial charge in [0.05, 0.1) is 6.04 Å². The van der Waals surface area contributed by atoms with Gasteiger partial charge in [-0.3, -0.25) is 9.59 Å². The first kappa shape index (κ1) is 10.7. The SMILES string of the molecule is O=C(O)CC(=O)NC1CCc2ccccc21. The highest BCUT2D eigenvalue weighted by atomic mass is 16.4. The van der Waals surface area contributed by atoms with Crippen molar-refractivity contribution in [1.82, 2.24) is 5.32 Å². The fourth-order valence-electron chi connectivity index (χ4n) is 2.09. The van der Waals surface area contributed by atoms with Crippen LogP contribution in [-0.4, -0.2) is 17.0 Å². The molecule has 1 aliphatic carbocycles. The van der Waals surface area contributed by atoms with Crippen LogP contribution in [0.25, 0.3) is 0 Å². The third-order valence-corrected chi connectivity index (χ3v) is 2.78. The van der Waals surface area contributed by atoms with Gasteiger partial charge in [0.1, 0.15) is 6.42 Å². The molecule has 0 fully saturated rings. The molecule has 0 aromatic heterocycles. The van der Waals surface area contributed by atoms with Crippen LogP contribution >= 0.6 is 0 Å². The standard InChI is InChI=1S/C12H13NO3/c14-11(7-12(15)16)13-10-6-5-8-3-1-2-4-9(8)10/h1-4,10H,5-7H2,(H,13,14)(H,15,16). The third kappa shape index (κ3) is 2.21. The number of fused-ring (bicyclic) bond motifs is 1. The molecule has 0 saturated heterocycles. The van der Waals surface area contributed by atoms with Crippen LogP contribution in [0, 0.1) is 0 Å². The van der Waals surface area contributed by atoms with E-state index in [0.29, 0.717) is 0 Å². The van der Waals surface area contributed by atoms with Gasteiger partial charge in [-0.25, -0.2) is 0 Å². The molecular weight excluding hydrogens is 206 g/mol. The largest absolute Gasteiger partial charge is 0.481 e. The molecule has 4 heteroatoms. The third-order valence-electron chi connectivity index (χ3n) is 2.78. The first-order valence-corrected chi connectivity index (χ1v) is 5.26. The number of carbonyl (C=O) groups is 2. The maximum Gasteiger partial charge on any atom is 0.312 e. The molecule has 0 radical (unpaired) electrons. The number of hydrogen-bond acceptors (Lipinski definition) is 2. The van der Waals surface area contributed by atoms with Gasteiger partial charge < -0.3 is 10.4 Å². The topological polar surface area (TPSA) is 66.4 Å². The molecule has 1 amide bonds. The van der Waals surface area contributed by atoms with E-state index in [9.17, 15) is 9.59 Å². The number of carbonyl (C=O) groups excluding carboxylic acids is 1. The van der Waals surface area contributed by atoms with Crippen molar-refractivity contribution in [3.05, 3.63) is 35.4 Å².